The lowest BCUT2D eigenvalue weighted by molar-refractivity contribution is 0.669. The molecule has 0 aliphatic carbocycles. The molecule has 0 aliphatic rings. The van der Waals surface area contributed by atoms with Crippen LogP contribution in [0.2, 0.25) is 0 Å². The van der Waals surface area contributed by atoms with Gasteiger partial charge in [0.1, 0.15) is 11.2 Å². The third-order valence-electron chi connectivity index (χ3n) is 11.2. The van der Waals surface area contributed by atoms with Crippen molar-refractivity contribution in [2.24, 2.45) is 0 Å². The number of fused-ring (bicyclic) bond motifs is 10. The molecule has 0 fully saturated rings. The van der Waals surface area contributed by atoms with E-state index in [1.807, 2.05) is 0 Å². The first-order chi connectivity index (χ1) is 27.7. The van der Waals surface area contributed by atoms with Gasteiger partial charge >= 0.3 is 0 Å². The fraction of sp³-hybridized carbons (Fsp3) is 0. The number of aromatic nitrogens is 4. The maximum Gasteiger partial charge on any atom is 0.164 e. The van der Waals surface area contributed by atoms with Crippen LogP contribution in [0.3, 0.4) is 0 Å². The van der Waals surface area contributed by atoms with E-state index in [2.05, 4.69) is 187 Å². The van der Waals surface area contributed by atoms with Gasteiger partial charge in [0.15, 0.2) is 17.5 Å². The lowest BCUT2D eigenvalue weighted by Crippen LogP contribution is -2.00. The summed E-state index contributed by atoms with van der Waals surface area (Å²) in [6.07, 6.45) is 0. The smallest absolute Gasteiger partial charge is 0.164 e. The van der Waals surface area contributed by atoms with Crippen molar-refractivity contribution in [3.8, 4) is 39.9 Å². The molecule has 0 radical (unpaired) electrons. The highest BCUT2D eigenvalue weighted by Gasteiger charge is 2.18. The number of benzene rings is 9. The van der Waals surface area contributed by atoms with Crippen LogP contribution in [0, 0.1) is 0 Å². The van der Waals surface area contributed by atoms with Crippen LogP contribution in [-0.2, 0) is 0 Å². The van der Waals surface area contributed by atoms with Crippen LogP contribution in [0.25, 0.3) is 116 Å². The molecule has 9 aromatic carbocycles. The first-order valence-electron chi connectivity index (χ1n) is 18.8. The fourth-order valence-electron chi connectivity index (χ4n) is 8.46. The molecule has 5 heteroatoms. The monoisotopic (exact) mass is 714 g/mol. The van der Waals surface area contributed by atoms with Gasteiger partial charge in [-0.3, -0.25) is 0 Å². The summed E-state index contributed by atoms with van der Waals surface area (Å²) in [6.45, 7) is 0. The number of hydrogen-bond donors (Lipinski definition) is 0. The predicted octanol–water partition coefficient (Wildman–Crippen LogP) is 13.3. The SMILES string of the molecule is c1ccc2cc(-c3nc(-c4ccc5ccccc5c4)nc(-c4ccc5c(c4)oc4ccc(-n6c7ccccc7c7ccc8ccccc8c76)cc45)n3)ccc2c1. The molecule has 0 saturated heterocycles. The minimum Gasteiger partial charge on any atom is -0.456 e. The molecule has 12 aromatic rings. The third kappa shape index (κ3) is 4.78. The standard InChI is InChI=1S/C51H30N4O/c1-3-12-34-27-36(19-17-31(34)9-1)49-52-50(37-20-18-32-10-2-4-13-35(32)28-37)54-51(53-49)38-22-24-42-44-30-39(23-26-46(44)56-47(42)29-38)55-45-16-8-7-15-41(45)43-25-21-33-11-5-6-14-40(33)48(43)55/h1-30H. The second kappa shape index (κ2) is 11.9. The van der Waals surface area contributed by atoms with Crippen LogP contribution in [0.5, 0.6) is 0 Å². The van der Waals surface area contributed by atoms with Gasteiger partial charge in [-0.1, -0.05) is 133 Å². The Balaban J connectivity index is 1.03. The average molecular weight is 715 g/mol. The highest BCUT2D eigenvalue weighted by atomic mass is 16.3. The van der Waals surface area contributed by atoms with Gasteiger partial charge in [0.25, 0.3) is 0 Å². The van der Waals surface area contributed by atoms with Gasteiger partial charge in [-0.2, -0.15) is 0 Å². The van der Waals surface area contributed by atoms with Crippen molar-refractivity contribution >= 4 is 76.1 Å². The van der Waals surface area contributed by atoms with E-state index in [0.717, 1.165) is 55.1 Å². The summed E-state index contributed by atoms with van der Waals surface area (Å²) in [5.74, 6) is 1.83. The molecule has 0 spiro atoms. The normalized spacial score (nSPS) is 11.9. The molecular weight excluding hydrogens is 685 g/mol. The number of furan rings is 1. The van der Waals surface area contributed by atoms with Crippen molar-refractivity contribution in [1.82, 2.24) is 19.5 Å². The van der Waals surface area contributed by atoms with E-state index in [0.29, 0.717) is 17.5 Å². The van der Waals surface area contributed by atoms with E-state index < -0.39 is 0 Å². The molecular formula is C51H30N4O. The molecule has 5 nitrogen and oxygen atoms in total. The first-order valence-corrected chi connectivity index (χ1v) is 18.8. The third-order valence-corrected chi connectivity index (χ3v) is 11.2. The minimum absolute atomic E-state index is 0.589. The Labute approximate surface area is 320 Å². The molecule has 0 N–H and O–H groups in total. The lowest BCUT2D eigenvalue weighted by Gasteiger charge is -2.10. The van der Waals surface area contributed by atoms with E-state index in [1.165, 1.54) is 43.4 Å². The van der Waals surface area contributed by atoms with Gasteiger partial charge in [0, 0.05) is 49.3 Å². The largest absolute Gasteiger partial charge is 0.456 e. The molecule has 0 saturated carbocycles. The lowest BCUT2D eigenvalue weighted by atomic mass is 10.1. The van der Waals surface area contributed by atoms with Gasteiger partial charge in [-0.05, 0) is 75.5 Å². The molecule has 0 atom stereocenters. The second-order valence-electron chi connectivity index (χ2n) is 14.5. The minimum atomic E-state index is 0.589. The Kier molecular flexibility index (Phi) is 6.56. The Morgan fingerprint density at radius 1 is 0.339 bits per heavy atom. The number of rotatable bonds is 4. The van der Waals surface area contributed by atoms with Crippen LogP contribution in [-0.4, -0.2) is 19.5 Å². The molecule has 3 heterocycles. The van der Waals surface area contributed by atoms with Gasteiger partial charge in [0.2, 0.25) is 0 Å². The van der Waals surface area contributed by atoms with Crippen molar-refractivity contribution < 1.29 is 4.42 Å². The summed E-state index contributed by atoms with van der Waals surface area (Å²) in [5.41, 5.74) is 7.80. The van der Waals surface area contributed by atoms with Gasteiger partial charge < -0.3 is 8.98 Å². The Bertz CT molecular complexity index is 3460. The first kappa shape index (κ1) is 30.8. The van der Waals surface area contributed by atoms with Crippen LogP contribution in [0.4, 0.5) is 0 Å². The van der Waals surface area contributed by atoms with E-state index in [-0.39, 0.29) is 0 Å². The quantitative estimate of drug-likeness (QED) is 0.182. The van der Waals surface area contributed by atoms with Gasteiger partial charge in [-0.15, -0.1) is 0 Å². The summed E-state index contributed by atoms with van der Waals surface area (Å²) >= 11 is 0. The van der Waals surface area contributed by atoms with Crippen LogP contribution in [0.1, 0.15) is 0 Å². The van der Waals surface area contributed by atoms with Gasteiger partial charge in [0.05, 0.1) is 11.0 Å². The van der Waals surface area contributed by atoms with Crippen molar-refractivity contribution in [1.29, 1.82) is 0 Å². The Morgan fingerprint density at radius 3 is 1.57 bits per heavy atom. The predicted molar refractivity (Wildman–Crippen MR) is 230 cm³/mol. The highest BCUT2D eigenvalue weighted by molar-refractivity contribution is 6.19. The van der Waals surface area contributed by atoms with Crippen LogP contribution < -0.4 is 0 Å². The summed E-state index contributed by atoms with van der Waals surface area (Å²) < 4.78 is 8.97. The average Bonchev–Trinajstić information content (AvgIpc) is 3.81. The van der Waals surface area contributed by atoms with Crippen LogP contribution >= 0.6 is 0 Å². The molecule has 0 amide bonds. The number of hydrogen-bond acceptors (Lipinski definition) is 4. The summed E-state index contributed by atoms with van der Waals surface area (Å²) in [5, 5.41) is 11.6. The fourth-order valence-corrected chi connectivity index (χ4v) is 8.46. The molecule has 0 bridgehead atoms. The topological polar surface area (TPSA) is 56.7 Å². The van der Waals surface area contributed by atoms with Crippen molar-refractivity contribution in [2.75, 3.05) is 0 Å². The summed E-state index contributed by atoms with van der Waals surface area (Å²) in [6, 6.07) is 64.0. The van der Waals surface area contributed by atoms with Crippen LogP contribution in [0.15, 0.2) is 186 Å². The molecule has 260 valence electrons. The maximum atomic E-state index is 6.58. The molecule has 0 unspecified atom stereocenters. The summed E-state index contributed by atoms with van der Waals surface area (Å²) in [4.78, 5) is 15.2. The zero-order valence-corrected chi connectivity index (χ0v) is 30.0. The Hall–Kier alpha value is -7.63. The molecule has 56 heavy (non-hydrogen) atoms. The zero-order chi connectivity index (χ0) is 36.7. The maximum absolute atomic E-state index is 6.58. The zero-order valence-electron chi connectivity index (χ0n) is 30.0. The van der Waals surface area contributed by atoms with Crippen molar-refractivity contribution in [3.63, 3.8) is 0 Å². The van der Waals surface area contributed by atoms with Crippen molar-refractivity contribution in [2.45, 2.75) is 0 Å². The number of nitrogens with zero attached hydrogens (tertiary/aromatic N) is 4. The van der Waals surface area contributed by atoms with Crippen molar-refractivity contribution in [3.05, 3.63) is 182 Å². The molecule has 12 rings (SSSR count). The highest BCUT2D eigenvalue weighted by Crippen LogP contribution is 2.39. The van der Waals surface area contributed by atoms with E-state index >= 15 is 0 Å². The number of para-hydroxylation sites is 1. The Morgan fingerprint density at radius 2 is 0.875 bits per heavy atom. The van der Waals surface area contributed by atoms with E-state index in [4.69, 9.17) is 19.4 Å². The van der Waals surface area contributed by atoms with E-state index in [1.54, 1.807) is 0 Å². The van der Waals surface area contributed by atoms with E-state index in [9.17, 15) is 0 Å². The van der Waals surface area contributed by atoms with Gasteiger partial charge in [-0.25, -0.2) is 15.0 Å². The summed E-state index contributed by atoms with van der Waals surface area (Å²) in [7, 11) is 0. The molecule has 0 aliphatic heterocycles. The molecule has 3 aromatic heterocycles. The second-order valence-corrected chi connectivity index (χ2v) is 14.5.